The van der Waals surface area contributed by atoms with Crippen LogP contribution < -0.4 is 9.47 Å². The van der Waals surface area contributed by atoms with Crippen molar-refractivity contribution < 1.29 is 19.2 Å². The van der Waals surface area contributed by atoms with Crippen LogP contribution in [0.25, 0.3) is 0 Å². The SMILES string of the molecule is COc1ccc(O[C@@H](C)C(=O)N(C)C)c([N+](=O)[O-])c1. The molecule has 1 rings (SSSR count). The molecule has 0 saturated carbocycles. The number of amides is 1. The lowest BCUT2D eigenvalue weighted by Crippen LogP contribution is -2.35. The predicted molar refractivity (Wildman–Crippen MR) is 68.4 cm³/mol. The summed E-state index contributed by atoms with van der Waals surface area (Å²) in [5.74, 6) is 0.115. The number of hydrogen-bond donors (Lipinski definition) is 0. The minimum Gasteiger partial charge on any atom is -0.496 e. The van der Waals surface area contributed by atoms with Crippen LogP contribution >= 0.6 is 0 Å². The first kappa shape index (κ1) is 14.7. The summed E-state index contributed by atoms with van der Waals surface area (Å²) >= 11 is 0. The number of methoxy groups -OCH3 is 1. The number of carbonyl (C=O) groups excluding carboxylic acids is 1. The average Bonchev–Trinajstić information content (AvgIpc) is 2.37. The fourth-order valence-corrected chi connectivity index (χ4v) is 1.47. The Morgan fingerprint density at radius 2 is 2.05 bits per heavy atom. The van der Waals surface area contributed by atoms with Crippen molar-refractivity contribution in [3.05, 3.63) is 28.3 Å². The molecule has 0 fully saturated rings. The maximum atomic E-state index is 11.7. The van der Waals surface area contributed by atoms with Crippen molar-refractivity contribution in [2.45, 2.75) is 13.0 Å². The molecule has 7 heteroatoms. The van der Waals surface area contributed by atoms with Gasteiger partial charge in [0.25, 0.3) is 5.91 Å². The van der Waals surface area contributed by atoms with E-state index in [-0.39, 0.29) is 17.3 Å². The highest BCUT2D eigenvalue weighted by atomic mass is 16.6. The van der Waals surface area contributed by atoms with E-state index in [1.807, 2.05) is 0 Å². The zero-order valence-electron chi connectivity index (χ0n) is 11.2. The minimum absolute atomic E-state index is 0.0356. The van der Waals surface area contributed by atoms with Crippen LogP contribution in [-0.2, 0) is 4.79 Å². The molecule has 1 amide bonds. The molecule has 1 aromatic carbocycles. The molecule has 0 bridgehead atoms. The van der Waals surface area contributed by atoms with Gasteiger partial charge in [-0.3, -0.25) is 14.9 Å². The van der Waals surface area contributed by atoms with E-state index in [9.17, 15) is 14.9 Å². The Bertz CT molecular complexity index is 487. The lowest BCUT2D eigenvalue weighted by molar-refractivity contribution is -0.386. The molecule has 0 heterocycles. The Labute approximate surface area is 110 Å². The third-order valence-electron chi connectivity index (χ3n) is 2.46. The normalized spacial score (nSPS) is 11.6. The zero-order chi connectivity index (χ0) is 14.6. The van der Waals surface area contributed by atoms with Gasteiger partial charge in [-0.15, -0.1) is 0 Å². The van der Waals surface area contributed by atoms with Gasteiger partial charge in [0.05, 0.1) is 18.1 Å². The molecule has 0 unspecified atom stereocenters. The quantitative estimate of drug-likeness (QED) is 0.596. The molecule has 7 nitrogen and oxygen atoms in total. The van der Waals surface area contributed by atoms with Gasteiger partial charge in [0.2, 0.25) is 0 Å². The van der Waals surface area contributed by atoms with Crippen molar-refractivity contribution in [1.82, 2.24) is 4.90 Å². The highest BCUT2D eigenvalue weighted by molar-refractivity contribution is 5.80. The van der Waals surface area contributed by atoms with Crippen molar-refractivity contribution >= 4 is 11.6 Å². The number of nitro benzene ring substituents is 1. The second-order valence-corrected chi connectivity index (χ2v) is 4.08. The van der Waals surface area contributed by atoms with Crippen molar-refractivity contribution in [3.63, 3.8) is 0 Å². The van der Waals surface area contributed by atoms with Gasteiger partial charge in [-0.2, -0.15) is 0 Å². The Hall–Kier alpha value is -2.31. The third-order valence-corrected chi connectivity index (χ3v) is 2.46. The van der Waals surface area contributed by atoms with Gasteiger partial charge < -0.3 is 14.4 Å². The van der Waals surface area contributed by atoms with E-state index in [1.54, 1.807) is 14.1 Å². The molecule has 0 spiro atoms. The number of nitrogens with zero attached hydrogens (tertiary/aromatic N) is 2. The lowest BCUT2D eigenvalue weighted by atomic mass is 10.2. The van der Waals surface area contributed by atoms with Gasteiger partial charge in [-0.05, 0) is 19.1 Å². The van der Waals surface area contributed by atoms with Crippen LogP contribution in [0.5, 0.6) is 11.5 Å². The number of benzene rings is 1. The van der Waals surface area contributed by atoms with Crippen LogP contribution in [0, 0.1) is 10.1 Å². The summed E-state index contributed by atoms with van der Waals surface area (Å²) in [5.41, 5.74) is -0.238. The second-order valence-electron chi connectivity index (χ2n) is 4.08. The highest BCUT2D eigenvalue weighted by Crippen LogP contribution is 2.31. The molecule has 0 aliphatic carbocycles. The average molecular weight is 268 g/mol. The topological polar surface area (TPSA) is 81.9 Å². The van der Waals surface area contributed by atoms with Crippen LogP contribution in [0.4, 0.5) is 5.69 Å². The first-order chi connectivity index (χ1) is 8.86. The summed E-state index contributed by atoms with van der Waals surface area (Å²) in [6, 6.07) is 4.20. The van der Waals surface area contributed by atoms with Crippen LogP contribution in [0.15, 0.2) is 18.2 Å². The number of rotatable bonds is 5. The first-order valence-electron chi connectivity index (χ1n) is 5.57. The first-order valence-corrected chi connectivity index (χ1v) is 5.57. The second kappa shape index (κ2) is 6.03. The van der Waals surface area contributed by atoms with E-state index in [2.05, 4.69) is 0 Å². The third kappa shape index (κ3) is 3.57. The van der Waals surface area contributed by atoms with E-state index in [0.717, 1.165) is 0 Å². The van der Waals surface area contributed by atoms with Crippen molar-refractivity contribution in [2.24, 2.45) is 0 Å². The largest absolute Gasteiger partial charge is 0.496 e. The lowest BCUT2D eigenvalue weighted by Gasteiger charge is -2.18. The molecule has 1 aromatic rings. The molecule has 0 aromatic heterocycles. The molecule has 104 valence electrons. The van der Waals surface area contributed by atoms with Gasteiger partial charge in [-0.1, -0.05) is 0 Å². The van der Waals surface area contributed by atoms with Gasteiger partial charge in [0.1, 0.15) is 5.75 Å². The number of carbonyl (C=O) groups is 1. The summed E-state index contributed by atoms with van der Waals surface area (Å²) in [7, 11) is 4.59. The van der Waals surface area contributed by atoms with Gasteiger partial charge in [0, 0.05) is 14.1 Å². The maximum absolute atomic E-state index is 11.7. The molecule has 1 atom stereocenters. The van der Waals surface area contributed by atoms with E-state index in [1.165, 1.54) is 37.1 Å². The van der Waals surface area contributed by atoms with Crippen LogP contribution in [0.2, 0.25) is 0 Å². The van der Waals surface area contributed by atoms with Crippen LogP contribution in [0.1, 0.15) is 6.92 Å². The predicted octanol–water partition coefficient (Wildman–Crippen LogP) is 1.46. The Morgan fingerprint density at radius 1 is 1.42 bits per heavy atom. The van der Waals surface area contributed by atoms with Gasteiger partial charge in [-0.25, -0.2) is 0 Å². The van der Waals surface area contributed by atoms with Crippen LogP contribution in [-0.4, -0.2) is 43.0 Å². The molecular weight excluding hydrogens is 252 g/mol. The smallest absolute Gasteiger partial charge is 0.314 e. The Kier molecular flexibility index (Phi) is 4.68. The minimum atomic E-state index is -0.804. The summed E-state index contributed by atoms with van der Waals surface area (Å²) in [6.07, 6.45) is -0.804. The molecule has 19 heavy (non-hydrogen) atoms. The van der Waals surface area contributed by atoms with Crippen molar-refractivity contribution in [1.29, 1.82) is 0 Å². The number of likely N-dealkylation sites (N-methyl/N-ethyl adjacent to an activating group) is 1. The fourth-order valence-electron chi connectivity index (χ4n) is 1.47. The Morgan fingerprint density at radius 3 is 2.53 bits per heavy atom. The van der Waals surface area contributed by atoms with E-state index in [0.29, 0.717) is 5.75 Å². The van der Waals surface area contributed by atoms with E-state index in [4.69, 9.17) is 9.47 Å². The molecule has 0 radical (unpaired) electrons. The summed E-state index contributed by atoms with van der Waals surface area (Å²) in [4.78, 5) is 23.4. The number of ether oxygens (including phenoxy) is 2. The molecule has 0 N–H and O–H groups in total. The maximum Gasteiger partial charge on any atom is 0.314 e. The summed E-state index contributed by atoms with van der Waals surface area (Å²) in [6.45, 7) is 1.54. The Balaban J connectivity index is 3.01. The summed E-state index contributed by atoms with van der Waals surface area (Å²) in [5, 5.41) is 10.9. The van der Waals surface area contributed by atoms with Crippen molar-refractivity contribution in [2.75, 3.05) is 21.2 Å². The monoisotopic (exact) mass is 268 g/mol. The standard InChI is InChI=1S/C12H16N2O5/c1-8(12(15)13(2)3)19-11-6-5-9(18-4)7-10(11)14(16)17/h5-8H,1-4H3/t8-/m0/s1. The number of hydrogen-bond acceptors (Lipinski definition) is 5. The number of nitro groups is 1. The van der Waals surface area contributed by atoms with E-state index < -0.39 is 11.0 Å². The fraction of sp³-hybridized carbons (Fsp3) is 0.417. The molecule has 0 aliphatic rings. The zero-order valence-corrected chi connectivity index (χ0v) is 11.2. The molecule has 0 saturated heterocycles. The highest BCUT2D eigenvalue weighted by Gasteiger charge is 2.22. The van der Waals surface area contributed by atoms with Gasteiger partial charge in [0.15, 0.2) is 11.9 Å². The molecular formula is C12H16N2O5. The van der Waals surface area contributed by atoms with Gasteiger partial charge >= 0.3 is 5.69 Å². The van der Waals surface area contributed by atoms with E-state index >= 15 is 0 Å². The van der Waals surface area contributed by atoms with Crippen molar-refractivity contribution in [3.8, 4) is 11.5 Å². The van der Waals surface area contributed by atoms with Crippen LogP contribution in [0.3, 0.4) is 0 Å². The molecule has 0 aliphatic heterocycles. The summed E-state index contributed by atoms with van der Waals surface area (Å²) < 4.78 is 10.3.